The smallest absolute Gasteiger partial charge is 0.197 e. The summed E-state index contributed by atoms with van der Waals surface area (Å²) in [6.07, 6.45) is 1.01. The van der Waals surface area contributed by atoms with Crippen LogP contribution in [0.1, 0.15) is 22.3 Å². The minimum atomic E-state index is -0.0691. The summed E-state index contributed by atoms with van der Waals surface area (Å²) in [4.78, 5) is 13.0. The number of phenols is 1. The first kappa shape index (κ1) is 14.2. The van der Waals surface area contributed by atoms with Crippen molar-refractivity contribution in [3.63, 3.8) is 0 Å². The molecule has 0 atom stereocenters. The lowest BCUT2D eigenvalue weighted by Gasteiger charge is -2.19. The topological polar surface area (TPSA) is 54.3 Å². The van der Waals surface area contributed by atoms with E-state index in [0.29, 0.717) is 16.1 Å². The van der Waals surface area contributed by atoms with Crippen molar-refractivity contribution in [1.29, 1.82) is 0 Å². The van der Waals surface area contributed by atoms with E-state index in [1.807, 2.05) is 6.07 Å². The third kappa shape index (κ3) is 2.26. The molecule has 0 aliphatic carbocycles. The van der Waals surface area contributed by atoms with Crippen LogP contribution in [-0.4, -0.2) is 22.0 Å². The average Bonchev–Trinajstić information content (AvgIpc) is 2.88. The highest BCUT2D eigenvalue weighted by molar-refractivity contribution is 6.30. The van der Waals surface area contributed by atoms with Gasteiger partial charge in [0.25, 0.3) is 0 Å². The van der Waals surface area contributed by atoms with Crippen LogP contribution in [0.25, 0.3) is 10.9 Å². The number of benzene rings is 2. The number of aromatic hydroxyl groups is 1. The zero-order valence-electron chi connectivity index (χ0n) is 12.3. The van der Waals surface area contributed by atoms with Crippen molar-refractivity contribution < 1.29 is 9.90 Å². The van der Waals surface area contributed by atoms with Gasteiger partial charge >= 0.3 is 0 Å². The molecule has 4 rings (SSSR count). The van der Waals surface area contributed by atoms with E-state index in [-0.39, 0.29) is 11.5 Å². The molecule has 0 fully saturated rings. The maximum absolute atomic E-state index is 13.0. The number of nitrogens with one attached hydrogen (secondary N) is 1. The molecule has 3 aromatic rings. The number of fused-ring (bicyclic) bond motifs is 3. The molecule has 5 heteroatoms. The van der Waals surface area contributed by atoms with Gasteiger partial charge in [-0.25, -0.2) is 0 Å². The Labute approximate surface area is 138 Å². The van der Waals surface area contributed by atoms with Gasteiger partial charge in [-0.2, -0.15) is 0 Å². The first-order chi connectivity index (χ1) is 11.1. The summed E-state index contributed by atoms with van der Waals surface area (Å²) in [5.41, 5.74) is 2.15. The van der Waals surface area contributed by atoms with E-state index < -0.39 is 0 Å². The number of anilines is 1. The molecule has 2 aromatic carbocycles. The highest BCUT2D eigenvalue weighted by Crippen LogP contribution is 2.36. The number of carbonyl (C=O) groups excluding carboxylic acids is 1. The van der Waals surface area contributed by atoms with Crippen molar-refractivity contribution in [3.05, 3.63) is 58.6 Å². The van der Waals surface area contributed by atoms with Gasteiger partial charge in [0.15, 0.2) is 5.78 Å². The van der Waals surface area contributed by atoms with Gasteiger partial charge in [0.05, 0.1) is 11.1 Å². The predicted octanol–water partition coefficient (Wildman–Crippen LogP) is 4.05. The zero-order chi connectivity index (χ0) is 16.0. The number of aromatic nitrogens is 1. The lowest BCUT2D eigenvalue weighted by Crippen LogP contribution is -2.18. The molecule has 116 valence electrons. The molecule has 4 nitrogen and oxygen atoms in total. The van der Waals surface area contributed by atoms with E-state index in [0.717, 1.165) is 36.2 Å². The van der Waals surface area contributed by atoms with Crippen LogP contribution in [-0.2, 0) is 6.54 Å². The third-order valence-electron chi connectivity index (χ3n) is 4.23. The number of hydrogen-bond acceptors (Lipinski definition) is 3. The van der Waals surface area contributed by atoms with Crippen molar-refractivity contribution in [2.75, 3.05) is 11.9 Å². The minimum absolute atomic E-state index is 0.0691. The van der Waals surface area contributed by atoms with E-state index in [4.69, 9.17) is 11.6 Å². The summed E-state index contributed by atoms with van der Waals surface area (Å²) >= 11 is 5.91. The Bertz CT molecular complexity index is 913. The number of phenolic OH excluding ortho intramolecular Hbond substituents is 1. The number of aryl methyl sites for hydroxylation is 1. The Morgan fingerprint density at radius 3 is 2.74 bits per heavy atom. The van der Waals surface area contributed by atoms with Crippen LogP contribution < -0.4 is 5.32 Å². The van der Waals surface area contributed by atoms with Crippen LogP contribution >= 0.6 is 11.6 Å². The Kier molecular flexibility index (Phi) is 3.27. The Hall–Kier alpha value is -2.46. The van der Waals surface area contributed by atoms with Crippen LogP contribution in [0.3, 0.4) is 0 Å². The number of carbonyl (C=O) groups is 1. The monoisotopic (exact) mass is 326 g/mol. The van der Waals surface area contributed by atoms with Crippen molar-refractivity contribution in [2.24, 2.45) is 0 Å². The van der Waals surface area contributed by atoms with E-state index in [1.54, 1.807) is 36.4 Å². The molecule has 0 amide bonds. The van der Waals surface area contributed by atoms with Gasteiger partial charge in [-0.3, -0.25) is 4.79 Å². The number of rotatable bonds is 2. The number of nitrogens with zero attached hydrogens (tertiary/aromatic N) is 1. The van der Waals surface area contributed by atoms with Crippen LogP contribution in [0.2, 0.25) is 5.02 Å². The highest BCUT2D eigenvalue weighted by atomic mass is 35.5. The molecule has 0 radical (unpaired) electrons. The lowest BCUT2D eigenvalue weighted by atomic mass is 10.0. The first-order valence-electron chi connectivity index (χ1n) is 7.54. The Morgan fingerprint density at radius 1 is 1.17 bits per heavy atom. The maximum Gasteiger partial charge on any atom is 0.197 e. The van der Waals surface area contributed by atoms with Crippen molar-refractivity contribution >= 4 is 34.1 Å². The average molecular weight is 327 g/mol. The second-order valence-electron chi connectivity index (χ2n) is 5.69. The van der Waals surface area contributed by atoms with Gasteiger partial charge in [0.1, 0.15) is 11.6 Å². The quantitative estimate of drug-likeness (QED) is 0.699. The first-order valence-corrected chi connectivity index (χ1v) is 7.92. The van der Waals surface area contributed by atoms with Gasteiger partial charge in [0.2, 0.25) is 0 Å². The SMILES string of the molecule is O=C(c1ccc(Cl)cc1)c1c2n(c3ccc(O)cc13)CCCN2. The summed E-state index contributed by atoms with van der Waals surface area (Å²) in [7, 11) is 0. The summed E-state index contributed by atoms with van der Waals surface area (Å²) in [6.45, 7) is 1.70. The summed E-state index contributed by atoms with van der Waals surface area (Å²) in [6, 6.07) is 12.1. The molecule has 0 bridgehead atoms. The van der Waals surface area contributed by atoms with Crippen LogP contribution in [0.5, 0.6) is 5.75 Å². The Balaban J connectivity index is 1.96. The molecular formula is C18H15ClN2O2. The zero-order valence-corrected chi connectivity index (χ0v) is 13.1. The van der Waals surface area contributed by atoms with E-state index in [9.17, 15) is 9.90 Å². The summed E-state index contributed by atoms with van der Waals surface area (Å²) in [5.74, 6) is 0.919. The molecule has 1 aliphatic rings. The van der Waals surface area contributed by atoms with Crippen LogP contribution in [0, 0.1) is 0 Å². The molecule has 0 unspecified atom stereocenters. The van der Waals surface area contributed by atoms with Crippen molar-refractivity contribution in [3.8, 4) is 5.75 Å². The highest BCUT2D eigenvalue weighted by Gasteiger charge is 2.25. The second-order valence-corrected chi connectivity index (χ2v) is 6.13. The fraction of sp³-hybridized carbons (Fsp3) is 0.167. The van der Waals surface area contributed by atoms with Crippen LogP contribution in [0.15, 0.2) is 42.5 Å². The minimum Gasteiger partial charge on any atom is -0.508 e. The van der Waals surface area contributed by atoms with Gasteiger partial charge < -0.3 is 15.0 Å². The maximum atomic E-state index is 13.0. The van der Waals surface area contributed by atoms with Crippen molar-refractivity contribution in [2.45, 2.75) is 13.0 Å². The molecule has 2 N–H and O–H groups in total. The molecule has 0 saturated heterocycles. The molecule has 0 spiro atoms. The fourth-order valence-electron chi connectivity index (χ4n) is 3.18. The number of ketones is 1. The molecule has 0 saturated carbocycles. The normalized spacial score (nSPS) is 13.6. The molecular weight excluding hydrogens is 312 g/mol. The van der Waals surface area contributed by atoms with E-state index >= 15 is 0 Å². The predicted molar refractivity (Wildman–Crippen MR) is 91.6 cm³/mol. The Morgan fingerprint density at radius 2 is 1.96 bits per heavy atom. The lowest BCUT2D eigenvalue weighted by molar-refractivity contribution is 0.104. The standard InChI is InChI=1S/C18H15ClN2O2/c19-12-4-2-11(3-5-12)17(23)16-14-10-13(22)6-7-15(14)21-9-1-8-20-18(16)21/h2-7,10,20,22H,1,8-9H2. The second kappa shape index (κ2) is 5.32. The summed E-state index contributed by atoms with van der Waals surface area (Å²) in [5, 5.41) is 14.6. The number of hydrogen-bond donors (Lipinski definition) is 2. The van der Waals surface area contributed by atoms with Gasteiger partial charge in [-0.05, 0) is 48.9 Å². The molecule has 1 aliphatic heterocycles. The van der Waals surface area contributed by atoms with Gasteiger partial charge in [-0.1, -0.05) is 11.6 Å². The molecule has 1 aromatic heterocycles. The fourth-order valence-corrected chi connectivity index (χ4v) is 3.30. The molecule has 2 heterocycles. The third-order valence-corrected chi connectivity index (χ3v) is 4.48. The largest absolute Gasteiger partial charge is 0.508 e. The number of halogens is 1. The molecule has 23 heavy (non-hydrogen) atoms. The van der Waals surface area contributed by atoms with Crippen LogP contribution in [0.4, 0.5) is 5.82 Å². The van der Waals surface area contributed by atoms with Gasteiger partial charge in [0, 0.05) is 29.1 Å². The summed E-state index contributed by atoms with van der Waals surface area (Å²) < 4.78 is 2.11. The van der Waals surface area contributed by atoms with E-state index in [1.165, 1.54) is 0 Å². The van der Waals surface area contributed by atoms with Gasteiger partial charge in [-0.15, -0.1) is 0 Å². The van der Waals surface area contributed by atoms with E-state index in [2.05, 4.69) is 9.88 Å². The van der Waals surface area contributed by atoms with Crippen molar-refractivity contribution in [1.82, 2.24) is 4.57 Å².